The van der Waals surface area contributed by atoms with Crippen LogP contribution in [0.4, 0.5) is 0 Å². The van der Waals surface area contributed by atoms with E-state index in [-0.39, 0.29) is 5.15 Å². The van der Waals surface area contributed by atoms with Crippen LogP contribution >= 0.6 is 11.6 Å². The van der Waals surface area contributed by atoms with Crippen LogP contribution in [0.2, 0.25) is 5.15 Å². The van der Waals surface area contributed by atoms with E-state index in [9.17, 15) is 5.21 Å². The first-order chi connectivity index (χ1) is 5.70. The van der Waals surface area contributed by atoms with Crippen LogP contribution in [0.25, 0.3) is 11.0 Å². The number of hydrogen-bond acceptors (Lipinski definition) is 3. The Morgan fingerprint density at radius 2 is 2.33 bits per heavy atom. The molecule has 0 aromatic carbocycles. The molecule has 62 valence electrons. The zero-order chi connectivity index (χ0) is 8.72. The van der Waals surface area contributed by atoms with E-state index in [2.05, 4.69) is 10.1 Å². The molecule has 12 heavy (non-hydrogen) atoms. The van der Waals surface area contributed by atoms with Gasteiger partial charge in [-0.1, -0.05) is 11.6 Å². The highest BCUT2D eigenvalue weighted by Gasteiger charge is 2.06. The quantitative estimate of drug-likeness (QED) is 0.624. The van der Waals surface area contributed by atoms with Crippen molar-refractivity contribution >= 4 is 22.6 Å². The fourth-order valence-electron chi connectivity index (χ4n) is 1.12. The van der Waals surface area contributed by atoms with Crippen molar-refractivity contribution in [2.24, 2.45) is 0 Å². The Labute approximate surface area is 73.4 Å². The normalized spacial score (nSPS) is 10.8. The number of halogens is 1. The molecule has 0 saturated carbocycles. The smallest absolute Gasteiger partial charge is 0.176 e. The lowest BCUT2D eigenvalue weighted by molar-refractivity contribution is 0.916. The highest BCUT2D eigenvalue weighted by atomic mass is 35.5. The van der Waals surface area contributed by atoms with Crippen molar-refractivity contribution < 1.29 is 0 Å². The summed E-state index contributed by atoms with van der Waals surface area (Å²) in [6.45, 7) is 1.82. The molecule has 0 unspecified atom stereocenters. The predicted molar refractivity (Wildman–Crippen MR) is 46.0 cm³/mol. The lowest BCUT2D eigenvalue weighted by atomic mass is 10.2. The van der Waals surface area contributed by atoms with Crippen molar-refractivity contribution in [3.05, 3.63) is 28.2 Å². The molecule has 5 heteroatoms. The van der Waals surface area contributed by atoms with Crippen molar-refractivity contribution in [2.45, 2.75) is 6.92 Å². The SMILES string of the molecule is Cc1ccnc2c(Cl)nn([O-])c12. The summed E-state index contributed by atoms with van der Waals surface area (Å²) in [4.78, 5) is 4.45. The lowest BCUT2D eigenvalue weighted by Crippen LogP contribution is -1.89. The Hall–Kier alpha value is -1.29. The third-order valence-corrected chi connectivity index (χ3v) is 1.95. The molecule has 0 aliphatic rings. The molecular weight excluding hydrogens is 178 g/mol. The van der Waals surface area contributed by atoms with Crippen LogP contribution in [-0.4, -0.2) is 14.9 Å². The van der Waals surface area contributed by atoms with Gasteiger partial charge in [-0.2, -0.15) is 5.10 Å². The highest BCUT2D eigenvalue weighted by molar-refractivity contribution is 6.33. The van der Waals surface area contributed by atoms with Crippen LogP contribution in [0, 0.1) is 12.1 Å². The summed E-state index contributed by atoms with van der Waals surface area (Å²) in [7, 11) is 0. The summed E-state index contributed by atoms with van der Waals surface area (Å²) in [5, 5.41) is 14.8. The molecule has 2 heterocycles. The van der Waals surface area contributed by atoms with Gasteiger partial charge in [0, 0.05) is 6.20 Å². The van der Waals surface area contributed by atoms with Crippen molar-refractivity contribution in [3.8, 4) is 0 Å². The first kappa shape index (κ1) is 7.36. The summed E-state index contributed by atoms with van der Waals surface area (Å²) in [6.07, 6.45) is 1.60. The van der Waals surface area contributed by atoms with Crippen LogP contribution < -0.4 is 0 Å². The molecule has 0 N–H and O–H groups in total. The summed E-state index contributed by atoms with van der Waals surface area (Å²) in [5.41, 5.74) is 1.74. The fourth-order valence-corrected chi connectivity index (χ4v) is 1.33. The number of aryl methyl sites for hydroxylation is 1. The Morgan fingerprint density at radius 3 is 3.00 bits per heavy atom. The van der Waals surface area contributed by atoms with Gasteiger partial charge in [-0.3, -0.25) is 9.83 Å². The van der Waals surface area contributed by atoms with Crippen LogP contribution in [0.5, 0.6) is 0 Å². The summed E-state index contributed by atoms with van der Waals surface area (Å²) in [6, 6.07) is 1.74. The second-order valence-electron chi connectivity index (χ2n) is 2.49. The van der Waals surface area contributed by atoms with E-state index in [1.807, 2.05) is 6.92 Å². The minimum absolute atomic E-state index is 0.156. The van der Waals surface area contributed by atoms with E-state index < -0.39 is 0 Å². The second kappa shape index (κ2) is 2.35. The minimum atomic E-state index is 0.156. The summed E-state index contributed by atoms with van der Waals surface area (Å²) in [5.74, 6) is 0. The summed E-state index contributed by atoms with van der Waals surface area (Å²) >= 11 is 5.66. The molecule has 0 spiro atoms. The predicted octanol–water partition coefficient (Wildman–Crippen LogP) is 1.74. The molecule has 2 aromatic heterocycles. The van der Waals surface area contributed by atoms with Gasteiger partial charge in [0.15, 0.2) is 5.15 Å². The maximum atomic E-state index is 11.1. The number of pyridine rings is 1. The van der Waals surface area contributed by atoms with Gasteiger partial charge < -0.3 is 5.21 Å². The molecule has 0 bridgehead atoms. The van der Waals surface area contributed by atoms with Crippen molar-refractivity contribution in [3.63, 3.8) is 0 Å². The second-order valence-corrected chi connectivity index (χ2v) is 2.85. The standard InChI is InChI=1S/C7H5ClN3O/c1-4-2-3-9-5-6(4)11(12)10-7(5)8/h2-3H,1H3/q-1. The lowest BCUT2D eigenvalue weighted by Gasteiger charge is -2.05. The van der Waals surface area contributed by atoms with Gasteiger partial charge >= 0.3 is 0 Å². The Morgan fingerprint density at radius 1 is 1.58 bits per heavy atom. The first-order valence-electron chi connectivity index (χ1n) is 3.37. The zero-order valence-corrected chi connectivity index (χ0v) is 7.04. The third kappa shape index (κ3) is 0.848. The van der Waals surface area contributed by atoms with Gasteiger partial charge in [-0.05, 0) is 18.6 Å². The molecular formula is C7H5ClN3O-. The number of fused-ring (bicyclic) bond motifs is 1. The van der Waals surface area contributed by atoms with Gasteiger partial charge in [0.2, 0.25) is 0 Å². The molecule has 0 aliphatic carbocycles. The van der Waals surface area contributed by atoms with Gasteiger partial charge in [0.05, 0.1) is 5.52 Å². The molecule has 0 radical (unpaired) electrons. The third-order valence-electron chi connectivity index (χ3n) is 1.69. The van der Waals surface area contributed by atoms with Gasteiger partial charge in [0.25, 0.3) is 0 Å². The molecule has 0 aliphatic heterocycles. The van der Waals surface area contributed by atoms with E-state index in [1.165, 1.54) is 0 Å². The maximum absolute atomic E-state index is 11.1. The molecule has 2 aromatic rings. The van der Waals surface area contributed by atoms with E-state index in [0.717, 1.165) is 5.56 Å². The van der Waals surface area contributed by atoms with E-state index in [4.69, 9.17) is 11.6 Å². The average Bonchev–Trinajstić information content (AvgIpc) is 2.29. The van der Waals surface area contributed by atoms with Gasteiger partial charge in [-0.15, -0.1) is 0 Å². The number of rotatable bonds is 0. The van der Waals surface area contributed by atoms with Crippen LogP contribution in [0.3, 0.4) is 0 Å². The number of nitrogens with zero attached hydrogens (tertiary/aromatic N) is 3. The minimum Gasteiger partial charge on any atom is -0.790 e. The van der Waals surface area contributed by atoms with Gasteiger partial charge in [-0.25, -0.2) is 0 Å². The number of hydrogen-bond donors (Lipinski definition) is 0. The molecule has 0 saturated heterocycles. The topological polar surface area (TPSA) is 53.8 Å². The first-order valence-corrected chi connectivity index (χ1v) is 3.75. The van der Waals surface area contributed by atoms with Crippen molar-refractivity contribution in [1.29, 1.82) is 0 Å². The Balaban J connectivity index is 2.99. The van der Waals surface area contributed by atoms with Crippen molar-refractivity contribution in [2.75, 3.05) is 0 Å². The van der Waals surface area contributed by atoms with E-state index in [1.54, 1.807) is 12.3 Å². The summed E-state index contributed by atoms with van der Waals surface area (Å²) < 4.78 is 0. The molecule has 0 amide bonds. The molecule has 2 rings (SSSR count). The van der Waals surface area contributed by atoms with Crippen molar-refractivity contribution in [1.82, 2.24) is 14.9 Å². The van der Waals surface area contributed by atoms with Gasteiger partial charge in [0.1, 0.15) is 5.52 Å². The van der Waals surface area contributed by atoms with Crippen LogP contribution in [-0.2, 0) is 0 Å². The van der Waals surface area contributed by atoms with E-state index >= 15 is 0 Å². The Bertz CT molecular complexity index is 437. The number of aromatic nitrogens is 3. The highest BCUT2D eigenvalue weighted by Crippen LogP contribution is 2.21. The maximum Gasteiger partial charge on any atom is 0.176 e. The zero-order valence-electron chi connectivity index (χ0n) is 6.28. The van der Waals surface area contributed by atoms with Crippen LogP contribution in [0.1, 0.15) is 5.56 Å². The fraction of sp³-hybridized carbons (Fsp3) is 0.143. The largest absolute Gasteiger partial charge is 0.790 e. The van der Waals surface area contributed by atoms with E-state index in [0.29, 0.717) is 15.9 Å². The average molecular weight is 183 g/mol. The monoisotopic (exact) mass is 182 g/mol. The molecule has 0 fully saturated rings. The Kier molecular flexibility index (Phi) is 1.44. The molecule has 4 nitrogen and oxygen atoms in total. The van der Waals surface area contributed by atoms with Crippen LogP contribution in [0.15, 0.2) is 12.3 Å². The molecule has 0 atom stereocenters.